The lowest BCUT2D eigenvalue weighted by molar-refractivity contribution is 0.0600. The van der Waals surface area contributed by atoms with Crippen LogP contribution in [-0.2, 0) is 11.2 Å². The lowest BCUT2D eigenvalue weighted by Crippen LogP contribution is -2.52. The van der Waals surface area contributed by atoms with E-state index in [0.717, 1.165) is 25.2 Å². The summed E-state index contributed by atoms with van der Waals surface area (Å²) >= 11 is 0. The van der Waals surface area contributed by atoms with E-state index in [1.807, 2.05) is 35.2 Å². The van der Waals surface area contributed by atoms with Crippen molar-refractivity contribution >= 4 is 17.7 Å². The topological polar surface area (TPSA) is 61.9 Å². The molecule has 3 rings (SSSR count). The van der Waals surface area contributed by atoms with Gasteiger partial charge in [0, 0.05) is 38.4 Å². The van der Waals surface area contributed by atoms with Crippen molar-refractivity contribution in [2.45, 2.75) is 6.42 Å². The van der Waals surface area contributed by atoms with Gasteiger partial charge in [-0.3, -0.25) is 0 Å². The van der Waals surface area contributed by atoms with E-state index in [1.54, 1.807) is 12.1 Å². The van der Waals surface area contributed by atoms with E-state index >= 15 is 0 Å². The van der Waals surface area contributed by atoms with Gasteiger partial charge in [-0.05, 0) is 36.2 Å². The molecule has 142 valence electrons. The fourth-order valence-corrected chi connectivity index (χ4v) is 3.16. The molecule has 1 fully saturated rings. The van der Waals surface area contributed by atoms with E-state index in [4.69, 9.17) is 4.74 Å². The van der Waals surface area contributed by atoms with E-state index in [-0.39, 0.29) is 12.0 Å². The number of carbonyl (C=O) groups is 2. The van der Waals surface area contributed by atoms with Gasteiger partial charge in [0.25, 0.3) is 0 Å². The van der Waals surface area contributed by atoms with Crippen LogP contribution in [-0.4, -0.2) is 56.7 Å². The number of methoxy groups -OCH3 is 1. The summed E-state index contributed by atoms with van der Waals surface area (Å²) in [5.41, 5.74) is 2.81. The number of nitrogens with zero attached hydrogens (tertiary/aromatic N) is 2. The van der Waals surface area contributed by atoms with E-state index < -0.39 is 0 Å². The summed E-state index contributed by atoms with van der Waals surface area (Å²) in [4.78, 5) is 27.9. The molecule has 1 aliphatic heterocycles. The molecule has 2 amide bonds. The van der Waals surface area contributed by atoms with Crippen molar-refractivity contribution in [1.29, 1.82) is 0 Å². The highest BCUT2D eigenvalue weighted by Crippen LogP contribution is 2.18. The molecule has 1 saturated heterocycles. The van der Waals surface area contributed by atoms with Crippen LogP contribution in [0.3, 0.4) is 0 Å². The third-order valence-corrected chi connectivity index (χ3v) is 4.75. The average molecular weight is 367 g/mol. The molecule has 2 aromatic carbocycles. The number of urea groups is 1. The molecule has 6 nitrogen and oxygen atoms in total. The predicted molar refractivity (Wildman–Crippen MR) is 105 cm³/mol. The van der Waals surface area contributed by atoms with Gasteiger partial charge in [-0.25, -0.2) is 9.59 Å². The minimum absolute atomic E-state index is 0.00776. The molecule has 0 bridgehead atoms. The fraction of sp³-hybridized carbons (Fsp3) is 0.333. The van der Waals surface area contributed by atoms with E-state index in [1.165, 1.54) is 12.7 Å². The van der Waals surface area contributed by atoms with Crippen molar-refractivity contribution in [3.05, 3.63) is 65.7 Å². The second-order valence-corrected chi connectivity index (χ2v) is 6.48. The molecule has 0 aliphatic carbocycles. The molecule has 1 heterocycles. The minimum atomic E-state index is -0.335. The van der Waals surface area contributed by atoms with E-state index in [0.29, 0.717) is 25.2 Å². The Morgan fingerprint density at radius 3 is 2.26 bits per heavy atom. The molecular formula is C21H25N3O3. The molecule has 6 heteroatoms. The van der Waals surface area contributed by atoms with Gasteiger partial charge in [0.1, 0.15) is 0 Å². The molecule has 0 spiro atoms. The number of nitrogens with one attached hydrogen (secondary N) is 1. The number of rotatable bonds is 5. The van der Waals surface area contributed by atoms with Gasteiger partial charge >= 0.3 is 12.0 Å². The van der Waals surface area contributed by atoms with Crippen molar-refractivity contribution in [2.75, 3.05) is 44.7 Å². The highest BCUT2D eigenvalue weighted by atomic mass is 16.5. The van der Waals surface area contributed by atoms with E-state index in [9.17, 15) is 9.59 Å². The van der Waals surface area contributed by atoms with Gasteiger partial charge < -0.3 is 19.9 Å². The zero-order valence-corrected chi connectivity index (χ0v) is 15.6. The largest absolute Gasteiger partial charge is 0.465 e. The number of esters is 1. The minimum Gasteiger partial charge on any atom is -0.465 e. The average Bonchev–Trinajstić information content (AvgIpc) is 2.74. The van der Waals surface area contributed by atoms with Crippen LogP contribution in [0.5, 0.6) is 0 Å². The van der Waals surface area contributed by atoms with Crippen molar-refractivity contribution in [2.24, 2.45) is 0 Å². The SMILES string of the molecule is COC(=O)c1ccc(N2CCN(C(=O)NCCc3ccccc3)CC2)cc1. The Bertz CT molecular complexity index is 754. The molecule has 1 N–H and O–H groups in total. The number of piperazine rings is 1. The molecule has 0 radical (unpaired) electrons. The Balaban J connectivity index is 1.44. The summed E-state index contributed by atoms with van der Waals surface area (Å²) in [6, 6.07) is 17.5. The Hall–Kier alpha value is -3.02. The number of amides is 2. The summed E-state index contributed by atoms with van der Waals surface area (Å²) in [5, 5.41) is 3.00. The highest BCUT2D eigenvalue weighted by Gasteiger charge is 2.21. The maximum absolute atomic E-state index is 12.3. The maximum Gasteiger partial charge on any atom is 0.337 e. The number of ether oxygens (including phenoxy) is 1. The van der Waals surface area contributed by atoms with Crippen LogP contribution in [0.15, 0.2) is 54.6 Å². The van der Waals surface area contributed by atoms with Crippen LogP contribution in [0, 0.1) is 0 Å². The zero-order chi connectivity index (χ0) is 19.1. The second-order valence-electron chi connectivity index (χ2n) is 6.48. The van der Waals surface area contributed by atoms with E-state index in [2.05, 4.69) is 22.3 Å². The van der Waals surface area contributed by atoms with Crippen molar-refractivity contribution in [1.82, 2.24) is 10.2 Å². The Kier molecular flexibility index (Phi) is 6.30. The zero-order valence-electron chi connectivity index (χ0n) is 15.6. The van der Waals surface area contributed by atoms with Crippen LogP contribution in [0.25, 0.3) is 0 Å². The monoisotopic (exact) mass is 367 g/mol. The normalized spacial score (nSPS) is 14.0. The summed E-state index contributed by atoms with van der Waals surface area (Å²) in [5.74, 6) is -0.335. The maximum atomic E-state index is 12.3. The van der Waals surface area contributed by atoms with Crippen LogP contribution in [0.4, 0.5) is 10.5 Å². The van der Waals surface area contributed by atoms with Gasteiger partial charge in [0.15, 0.2) is 0 Å². The number of hydrogen-bond acceptors (Lipinski definition) is 4. The fourth-order valence-electron chi connectivity index (χ4n) is 3.16. The molecule has 0 aromatic heterocycles. The lowest BCUT2D eigenvalue weighted by Gasteiger charge is -2.36. The van der Waals surface area contributed by atoms with Gasteiger partial charge in [-0.1, -0.05) is 30.3 Å². The van der Waals surface area contributed by atoms with Crippen molar-refractivity contribution < 1.29 is 14.3 Å². The molecule has 2 aromatic rings. The standard InChI is InChI=1S/C21H25N3O3/c1-27-20(25)18-7-9-19(10-8-18)23-13-15-24(16-14-23)21(26)22-12-11-17-5-3-2-4-6-17/h2-10H,11-16H2,1H3,(H,22,26). The Morgan fingerprint density at radius 1 is 0.963 bits per heavy atom. The molecule has 0 saturated carbocycles. The molecule has 27 heavy (non-hydrogen) atoms. The van der Waals surface area contributed by atoms with Gasteiger partial charge in [0.2, 0.25) is 0 Å². The molecule has 0 unspecified atom stereocenters. The summed E-state index contributed by atoms with van der Waals surface area (Å²) in [6.07, 6.45) is 0.832. The number of hydrogen-bond donors (Lipinski definition) is 1. The van der Waals surface area contributed by atoms with Gasteiger partial charge in [-0.15, -0.1) is 0 Å². The first kappa shape index (κ1) is 18.8. The first-order valence-electron chi connectivity index (χ1n) is 9.17. The van der Waals surface area contributed by atoms with Gasteiger partial charge in [0.05, 0.1) is 12.7 Å². The lowest BCUT2D eigenvalue weighted by atomic mass is 10.1. The summed E-state index contributed by atoms with van der Waals surface area (Å²) < 4.78 is 4.72. The van der Waals surface area contributed by atoms with Crippen LogP contribution in [0.2, 0.25) is 0 Å². The van der Waals surface area contributed by atoms with Crippen LogP contribution in [0.1, 0.15) is 15.9 Å². The first-order valence-corrected chi connectivity index (χ1v) is 9.17. The summed E-state index contributed by atoms with van der Waals surface area (Å²) in [7, 11) is 1.38. The number of carbonyl (C=O) groups excluding carboxylic acids is 2. The number of anilines is 1. The Morgan fingerprint density at radius 2 is 1.63 bits per heavy atom. The summed E-state index contributed by atoms with van der Waals surface area (Å²) in [6.45, 7) is 3.53. The molecule has 1 aliphatic rings. The van der Waals surface area contributed by atoms with Crippen LogP contribution < -0.4 is 10.2 Å². The number of benzene rings is 2. The third kappa shape index (κ3) is 5.00. The molecular weight excluding hydrogens is 342 g/mol. The Labute approximate surface area is 159 Å². The highest BCUT2D eigenvalue weighted by molar-refractivity contribution is 5.89. The molecule has 0 atom stereocenters. The van der Waals surface area contributed by atoms with Crippen molar-refractivity contribution in [3.8, 4) is 0 Å². The predicted octanol–water partition coefficient (Wildman–Crippen LogP) is 2.55. The van der Waals surface area contributed by atoms with Crippen molar-refractivity contribution in [3.63, 3.8) is 0 Å². The quantitative estimate of drug-likeness (QED) is 0.825. The second kappa shape index (κ2) is 9.07. The van der Waals surface area contributed by atoms with Gasteiger partial charge in [-0.2, -0.15) is 0 Å². The smallest absolute Gasteiger partial charge is 0.337 e. The first-order chi connectivity index (χ1) is 13.2. The third-order valence-electron chi connectivity index (χ3n) is 4.75. The van der Waals surface area contributed by atoms with Crippen LogP contribution >= 0.6 is 0 Å².